The summed E-state index contributed by atoms with van der Waals surface area (Å²) in [7, 11) is 0. The molecule has 1 unspecified atom stereocenters. The average Bonchev–Trinajstić information content (AvgIpc) is 3.80. The van der Waals surface area contributed by atoms with Crippen molar-refractivity contribution in [3.63, 3.8) is 0 Å². The fraction of sp³-hybridized carbons (Fsp3) is 0.106. The van der Waals surface area contributed by atoms with E-state index in [4.69, 9.17) is 15.2 Å². The Morgan fingerprint density at radius 3 is 2.24 bits per heavy atom. The van der Waals surface area contributed by atoms with Gasteiger partial charge in [0.15, 0.2) is 0 Å². The molecule has 0 amide bonds. The van der Waals surface area contributed by atoms with Gasteiger partial charge in [-0.1, -0.05) is 49.4 Å². The van der Waals surface area contributed by atoms with Crippen LogP contribution in [0.4, 0.5) is 4.39 Å². The van der Waals surface area contributed by atoms with E-state index in [1.54, 1.807) is 24.5 Å². The minimum absolute atomic E-state index is 0.0897. The molecule has 6 aromatic heterocycles. The lowest BCUT2D eigenvalue weighted by atomic mass is 9.93. The SMILES string of the molecule is Cc1cc(-c2nn(Cc3cc(-c4n[nH]c5cc6[nH]c(=O)c(Cc7ccc(F)cc7)cc6cc45)ccn3)c3cc4[nH]c(=O)c(C(C)c5ccccc5)cc4cc23)ccn1. The Labute approximate surface area is 330 Å². The number of aryl methyl sites for hydroxylation is 1. The van der Waals surface area contributed by atoms with Crippen LogP contribution in [-0.2, 0) is 13.0 Å². The minimum atomic E-state index is -0.317. The summed E-state index contributed by atoms with van der Waals surface area (Å²) >= 11 is 0. The first-order chi connectivity index (χ1) is 28.2. The summed E-state index contributed by atoms with van der Waals surface area (Å²) in [5.74, 6) is -0.407. The molecule has 0 aliphatic carbocycles. The normalized spacial score (nSPS) is 12.3. The van der Waals surface area contributed by atoms with Crippen molar-refractivity contribution in [3.05, 3.63) is 188 Å². The molecule has 0 aliphatic rings. The van der Waals surface area contributed by atoms with Gasteiger partial charge in [0, 0.05) is 63.5 Å². The van der Waals surface area contributed by atoms with Crippen LogP contribution < -0.4 is 11.1 Å². The quantitative estimate of drug-likeness (QED) is 0.141. The highest BCUT2D eigenvalue weighted by Crippen LogP contribution is 2.34. The Morgan fingerprint density at radius 1 is 0.707 bits per heavy atom. The molecule has 0 fully saturated rings. The summed E-state index contributed by atoms with van der Waals surface area (Å²) < 4.78 is 15.5. The molecule has 10 rings (SSSR count). The molecule has 0 saturated heterocycles. The van der Waals surface area contributed by atoms with Crippen LogP contribution in [-0.4, -0.2) is 39.9 Å². The predicted octanol–water partition coefficient (Wildman–Crippen LogP) is 8.96. The van der Waals surface area contributed by atoms with Crippen LogP contribution in [0.1, 0.15) is 46.5 Å². The lowest BCUT2D eigenvalue weighted by Crippen LogP contribution is -2.15. The standard InChI is InChI=1S/C47H35FN8O2/c1-26-16-30(12-14-49-26)45-39-22-33-20-37(27(2)29-6-4-3-5-7-29)47(58)52-41(33)24-43(39)56(55-45)25-36-19-31(13-15-50-36)44-38-21-32-18-34(17-28-8-10-35(48)11-9-28)46(57)51-40(32)23-42(38)53-54-44/h3-16,18-24,27H,17,25H2,1-2H3,(H,51,57)(H,52,58)(H,53,54). The average molecular weight is 763 g/mol. The maximum absolute atomic E-state index is 13.5. The first-order valence-corrected chi connectivity index (χ1v) is 19.0. The summed E-state index contributed by atoms with van der Waals surface area (Å²) in [6.45, 7) is 4.37. The molecule has 1 atom stereocenters. The summed E-state index contributed by atoms with van der Waals surface area (Å²) in [5, 5.41) is 16.6. The largest absolute Gasteiger partial charge is 0.322 e. The molecule has 0 bridgehead atoms. The van der Waals surface area contributed by atoms with Crippen LogP contribution in [0.2, 0.25) is 0 Å². The van der Waals surface area contributed by atoms with Gasteiger partial charge in [0.1, 0.15) is 17.2 Å². The molecule has 10 nitrogen and oxygen atoms in total. The van der Waals surface area contributed by atoms with Crippen molar-refractivity contribution in [2.45, 2.75) is 32.7 Å². The second-order valence-corrected chi connectivity index (χ2v) is 14.9. The number of rotatable bonds is 8. The molecular weight excluding hydrogens is 728 g/mol. The van der Waals surface area contributed by atoms with Gasteiger partial charge in [-0.15, -0.1) is 0 Å². The molecule has 11 heteroatoms. The van der Waals surface area contributed by atoms with E-state index in [1.165, 1.54) is 12.1 Å². The van der Waals surface area contributed by atoms with Crippen molar-refractivity contribution in [1.29, 1.82) is 0 Å². The fourth-order valence-corrected chi connectivity index (χ4v) is 7.97. The molecule has 0 radical (unpaired) electrons. The number of hydrogen-bond donors (Lipinski definition) is 3. The third-order valence-electron chi connectivity index (χ3n) is 11.0. The van der Waals surface area contributed by atoms with E-state index >= 15 is 0 Å². The minimum Gasteiger partial charge on any atom is -0.322 e. The summed E-state index contributed by atoms with van der Waals surface area (Å²) in [6, 6.07) is 36.1. The number of nitrogens with zero attached hydrogens (tertiary/aromatic N) is 5. The van der Waals surface area contributed by atoms with Crippen molar-refractivity contribution in [2.75, 3.05) is 0 Å². The third kappa shape index (κ3) is 6.32. The number of benzene rings is 4. The van der Waals surface area contributed by atoms with Gasteiger partial charge in [-0.05, 0) is 102 Å². The van der Waals surface area contributed by atoms with Gasteiger partial charge >= 0.3 is 0 Å². The van der Waals surface area contributed by atoms with E-state index in [0.29, 0.717) is 29.6 Å². The zero-order valence-electron chi connectivity index (χ0n) is 31.5. The highest BCUT2D eigenvalue weighted by atomic mass is 19.1. The van der Waals surface area contributed by atoms with Gasteiger partial charge in [-0.25, -0.2) is 4.39 Å². The Kier molecular flexibility index (Phi) is 8.36. The van der Waals surface area contributed by atoms with E-state index in [0.717, 1.165) is 83.1 Å². The third-order valence-corrected chi connectivity index (χ3v) is 11.0. The van der Waals surface area contributed by atoms with Crippen LogP contribution in [0.25, 0.3) is 66.1 Å². The van der Waals surface area contributed by atoms with E-state index in [2.05, 4.69) is 33.0 Å². The summed E-state index contributed by atoms with van der Waals surface area (Å²) in [4.78, 5) is 41.9. The van der Waals surface area contributed by atoms with Gasteiger partial charge in [-0.3, -0.25) is 29.3 Å². The van der Waals surface area contributed by atoms with Gasteiger partial charge in [-0.2, -0.15) is 10.2 Å². The maximum Gasteiger partial charge on any atom is 0.252 e. The molecule has 3 N–H and O–H groups in total. The van der Waals surface area contributed by atoms with E-state index < -0.39 is 0 Å². The Morgan fingerprint density at radius 2 is 1.43 bits per heavy atom. The number of nitrogens with one attached hydrogen (secondary N) is 3. The van der Waals surface area contributed by atoms with Crippen LogP contribution in [0.5, 0.6) is 0 Å². The molecular formula is C47H35FN8O2. The van der Waals surface area contributed by atoms with Gasteiger partial charge in [0.05, 0.1) is 34.3 Å². The topological polar surface area (TPSA) is 138 Å². The zero-order valence-corrected chi connectivity index (χ0v) is 31.5. The molecule has 4 aromatic carbocycles. The maximum atomic E-state index is 13.5. The van der Waals surface area contributed by atoms with Gasteiger partial charge in [0.25, 0.3) is 11.1 Å². The van der Waals surface area contributed by atoms with Crippen LogP contribution in [0.3, 0.4) is 0 Å². The molecule has 6 heterocycles. The molecule has 0 saturated carbocycles. The predicted molar refractivity (Wildman–Crippen MR) is 226 cm³/mol. The monoisotopic (exact) mass is 762 g/mol. The van der Waals surface area contributed by atoms with Crippen LogP contribution in [0, 0.1) is 12.7 Å². The van der Waals surface area contributed by atoms with E-state index in [9.17, 15) is 14.0 Å². The van der Waals surface area contributed by atoms with Crippen molar-refractivity contribution in [1.82, 2.24) is 39.9 Å². The number of hydrogen-bond acceptors (Lipinski definition) is 6. The van der Waals surface area contributed by atoms with Gasteiger partial charge < -0.3 is 9.97 Å². The first-order valence-electron chi connectivity index (χ1n) is 19.0. The Balaban J connectivity index is 1.04. The summed E-state index contributed by atoms with van der Waals surface area (Å²) in [6.07, 6.45) is 3.94. The Bertz CT molecular complexity index is 3330. The second kappa shape index (κ2) is 13.9. The number of halogens is 1. The Hall–Kier alpha value is -7.53. The van der Waals surface area contributed by atoms with Crippen molar-refractivity contribution in [2.24, 2.45) is 0 Å². The van der Waals surface area contributed by atoms with Crippen molar-refractivity contribution in [3.8, 4) is 22.5 Å². The van der Waals surface area contributed by atoms with Crippen LogP contribution >= 0.6 is 0 Å². The van der Waals surface area contributed by atoms with Crippen molar-refractivity contribution < 1.29 is 4.39 Å². The number of H-pyrrole nitrogens is 3. The van der Waals surface area contributed by atoms with Gasteiger partial charge in [0.2, 0.25) is 0 Å². The number of aromatic nitrogens is 8. The highest BCUT2D eigenvalue weighted by molar-refractivity contribution is 6.03. The molecule has 58 heavy (non-hydrogen) atoms. The lowest BCUT2D eigenvalue weighted by molar-refractivity contribution is 0.627. The zero-order chi connectivity index (χ0) is 39.5. The van der Waals surface area contributed by atoms with E-state index in [1.807, 2.05) is 96.5 Å². The highest BCUT2D eigenvalue weighted by Gasteiger charge is 2.19. The molecule has 282 valence electrons. The lowest BCUT2D eigenvalue weighted by Gasteiger charge is -2.13. The van der Waals surface area contributed by atoms with Crippen molar-refractivity contribution >= 4 is 43.6 Å². The second-order valence-electron chi connectivity index (χ2n) is 14.9. The fourth-order valence-electron chi connectivity index (χ4n) is 7.97. The number of fused-ring (bicyclic) bond motifs is 4. The molecule has 0 spiro atoms. The van der Waals surface area contributed by atoms with Crippen LogP contribution in [0.15, 0.2) is 137 Å². The molecule has 10 aromatic rings. The number of aromatic amines is 3. The number of pyridine rings is 4. The van der Waals surface area contributed by atoms with E-state index in [-0.39, 0.29) is 22.9 Å². The first kappa shape index (κ1) is 34.9. The summed E-state index contributed by atoms with van der Waals surface area (Å²) in [5.41, 5.74) is 10.9. The molecule has 0 aliphatic heterocycles. The smallest absolute Gasteiger partial charge is 0.252 e.